The smallest absolute Gasteiger partial charge is 0.306 e. The summed E-state index contributed by atoms with van der Waals surface area (Å²) in [6.45, 7) is 0. The Hall–Kier alpha value is -2.04. The number of hydrogen-bond acceptors (Lipinski definition) is 3. The fourth-order valence-corrected chi connectivity index (χ4v) is 3.66. The number of aliphatic carboxylic acids is 1. The Labute approximate surface area is 142 Å². The topological polar surface area (TPSA) is 75.6 Å². The van der Waals surface area contributed by atoms with Crippen LogP contribution in [0.4, 0.5) is 5.69 Å². The Bertz CT molecular complexity index is 570. The third-order valence-electron chi connectivity index (χ3n) is 5.17. The molecule has 0 saturated heterocycles. The Morgan fingerprint density at radius 1 is 0.917 bits per heavy atom. The van der Waals surface area contributed by atoms with Crippen molar-refractivity contribution < 1.29 is 19.4 Å². The molecule has 2 saturated carbocycles. The molecule has 0 aromatic heterocycles. The van der Waals surface area contributed by atoms with E-state index in [0.717, 1.165) is 24.3 Å². The number of amides is 1. The molecule has 1 amide bonds. The van der Waals surface area contributed by atoms with E-state index >= 15 is 0 Å². The third-order valence-corrected chi connectivity index (χ3v) is 5.17. The summed E-state index contributed by atoms with van der Waals surface area (Å²) in [6, 6.07) is 7.53. The molecule has 5 heteroatoms. The first-order chi connectivity index (χ1) is 11.6. The van der Waals surface area contributed by atoms with Crippen molar-refractivity contribution >= 4 is 17.6 Å². The highest BCUT2D eigenvalue weighted by Crippen LogP contribution is 2.30. The summed E-state index contributed by atoms with van der Waals surface area (Å²) in [6.07, 6.45) is 7.51. The van der Waals surface area contributed by atoms with Crippen molar-refractivity contribution in [2.24, 2.45) is 11.8 Å². The van der Waals surface area contributed by atoms with Crippen molar-refractivity contribution in [1.29, 1.82) is 0 Å². The van der Waals surface area contributed by atoms with Crippen LogP contribution < -0.4 is 10.1 Å². The van der Waals surface area contributed by atoms with E-state index in [0.29, 0.717) is 31.8 Å². The molecule has 2 fully saturated rings. The number of anilines is 1. The van der Waals surface area contributed by atoms with Gasteiger partial charge >= 0.3 is 5.97 Å². The molecule has 0 bridgehead atoms. The molecule has 0 heterocycles. The largest absolute Gasteiger partial charge is 0.490 e. The SMILES string of the molecule is O=C(O)C1CCC(C(=O)Nc2ccc(OC3CCCC3)cc2)CC1. The second kappa shape index (κ2) is 7.69. The van der Waals surface area contributed by atoms with Crippen molar-refractivity contribution in [2.75, 3.05) is 5.32 Å². The van der Waals surface area contributed by atoms with Crippen LogP contribution in [0.25, 0.3) is 0 Å². The summed E-state index contributed by atoms with van der Waals surface area (Å²) >= 11 is 0. The van der Waals surface area contributed by atoms with Gasteiger partial charge in [-0.15, -0.1) is 0 Å². The van der Waals surface area contributed by atoms with Crippen LogP contribution in [0.3, 0.4) is 0 Å². The normalized spacial score (nSPS) is 24.5. The van der Waals surface area contributed by atoms with Crippen molar-refractivity contribution in [2.45, 2.75) is 57.5 Å². The molecular weight excluding hydrogens is 306 g/mol. The zero-order valence-corrected chi connectivity index (χ0v) is 13.9. The number of benzene rings is 1. The number of hydrogen-bond donors (Lipinski definition) is 2. The van der Waals surface area contributed by atoms with E-state index in [2.05, 4.69) is 5.32 Å². The average molecular weight is 331 g/mol. The maximum atomic E-state index is 12.3. The van der Waals surface area contributed by atoms with Gasteiger partial charge in [0.15, 0.2) is 0 Å². The highest BCUT2D eigenvalue weighted by molar-refractivity contribution is 5.92. The standard InChI is InChI=1S/C19H25NO4/c21-18(13-5-7-14(8-6-13)19(22)23)20-15-9-11-17(12-10-15)24-16-3-1-2-4-16/h9-14,16H,1-8H2,(H,20,21)(H,22,23). The highest BCUT2D eigenvalue weighted by atomic mass is 16.5. The quantitative estimate of drug-likeness (QED) is 0.859. The van der Waals surface area contributed by atoms with Crippen LogP contribution in [0.15, 0.2) is 24.3 Å². The summed E-state index contributed by atoms with van der Waals surface area (Å²) < 4.78 is 5.92. The lowest BCUT2D eigenvalue weighted by atomic mass is 9.81. The lowest BCUT2D eigenvalue weighted by molar-refractivity contribution is -0.143. The van der Waals surface area contributed by atoms with E-state index in [1.807, 2.05) is 24.3 Å². The van der Waals surface area contributed by atoms with Gasteiger partial charge in [0.05, 0.1) is 12.0 Å². The van der Waals surface area contributed by atoms with Gasteiger partial charge in [-0.25, -0.2) is 0 Å². The summed E-state index contributed by atoms with van der Waals surface area (Å²) in [4.78, 5) is 23.3. The van der Waals surface area contributed by atoms with E-state index in [1.165, 1.54) is 12.8 Å². The molecule has 130 valence electrons. The summed E-state index contributed by atoms with van der Waals surface area (Å²) in [5.74, 6) is -0.284. The first-order valence-corrected chi connectivity index (χ1v) is 8.92. The Morgan fingerprint density at radius 3 is 2.08 bits per heavy atom. The molecule has 0 unspecified atom stereocenters. The summed E-state index contributed by atoms with van der Waals surface area (Å²) in [5, 5.41) is 11.9. The lowest BCUT2D eigenvalue weighted by Gasteiger charge is -2.25. The molecule has 0 spiro atoms. The minimum Gasteiger partial charge on any atom is -0.490 e. The molecule has 24 heavy (non-hydrogen) atoms. The lowest BCUT2D eigenvalue weighted by Crippen LogP contribution is -2.29. The Balaban J connectivity index is 1.48. The van der Waals surface area contributed by atoms with Crippen LogP contribution >= 0.6 is 0 Å². The van der Waals surface area contributed by atoms with Gasteiger partial charge in [0.2, 0.25) is 5.91 Å². The van der Waals surface area contributed by atoms with Crippen LogP contribution in [-0.2, 0) is 9.59 Å². The average Bonchev–Trinajstić information content (AvgIpc) is 3.09. The fraction of sp³-hybridized carbons (Fsp3) is 0.579. The fourth-order valence-electron chi connectivity index (χ4n) is 3.66. The second-order valence-electron chi connectivity index (χ2n) is 6.92. The molecule has 0 radical (unpaired) electrons. The minimum atomic E-state index is -0.744. The number of rotatable bonds is 5. The van der Waals surface area contributed by atoms with Crippen LogP contribution in [0.5, 0.6) is 5.75 Å². The number of ether oxygens (including phenoxy) is 1. The molecule has 0 atom stereocenters. The van der Waals surface area contributed by atoms with E-state index < -0.39 is 5.97 Å². The minimum absolute atomic E-state index is 0.0108. The van der Waals surface area contributed by atoms with Crippen LogP contribution in [-0.4, -0.2) is 23.1 Å². The second-order valence-corrected chi connectivity index (χ2v) is 6.92. The highest BCUT2D eigenvalue weighted by Gasteiger charge is 2.29. The first kappa shape index (κ1) is 16.8. The summed E-state index contributed by atoms with van der Waals surface area (Å²) in [5.41, 5.74) is 0.763. The van der Waals surface area contributed by atoms with Gasteiger partial charge in [-0.1, -0.05) is 0 Å². The molecule has 5 nitrogen and oxygen atoms in total. The van der Waals surface area contributed by atoms with E-state index in [1.54, 1.807) is 0 Å². The number of carbonyl (C=O) groups is 2. The number of nitrogens with one attached hydrogen (secondary N) is 1. The maximum absolute atomic E-state index is 12.3. The van der Waals surface area contributed by atoms with Gasteiger partial charge in [0.25, 0.3) is 0 Å². The number of carbonyl (C=O) groups excluding carboxylic acids is 1. The molecule has 1 aromatic rings. The number of carboxylic acids is 1. The third kappa shape index (κ3) is 4.28. The molecule has 2 N–H and O–H groups in total. The Kier molecular flexibility index (Phi) is 5.38. The van der Waals surface area contributed by atoms with Crippen LogP contribution in [0.1, 0.15) is 51.4 Å². The van der Waals surface area contributed by atoms with Crippen molar-refractivity contribution in [3.05, 3.63) is 24.3 Å². The number of carboxylic acid groups (broad SMARTS) is 1. The Morgan fingerprint density at radius 2 is 1.50 bits per heavy atom. The van der Waals surface area contributed by atoms with Gasteiger partial charge < -0.3 is 15.2 Å². The van der Waals surface area contributed by atoms with E-state index in [9.17, 15) is 9.59 Å². The van der Waals surface area contributed by atoms with Gasteiger partial charge in [-0.05, 0) is 75.6 Å². The molecule has 2 aliphatic rings. The van der Waals surface area contributed by atoms with Crippen molar-refractivity contribution in [1.82, 2.24) is 0 Å². The maximum Gasteiger partial charge on any atom is 0.306 e. The first-order valence-electron chi connectivity index (χ1n) is 8.92. The van der Waals surface area contributed by atoms with Gasteiger partial charge in [-0.3, -0.25) is 9.59 Å². The molecule has 2 aliphatic carbocycles. The molecular formula is C19H25NO4. The van der Waals surface area contributed by atoms with E-state index in [4.69, 9.17) is 9.84 Å². The van der Waals surface area contributed by atoms with Crippen LogP contribution in [0, 0.1) is 11.8 Å². The molecule has 0 aliphatic heterocycles. The predicted molar refractivity (Wildman–Crippen MR) is 91.0 cm³/mol. The zero-order valence-electron chi connectivity index (χ0n) is 13.9. The van der Waals surface area contributed by atoms with Gasteiger partial charge in [-0.2, -0.15) is 0 Å². The van der Waals surface area contributed by atoms with Crippen molar-refractivity contribution in [3.63, 3.8) is 0 Å². The molecule has 3 rings (SSSR count). The van der Waals surface area contributed by atoms with Gasteiger partial charge in [0.1, 0.15) is 5.75 Å². The van der Waals surface area contributed by atoms with Crippen molar-refractivity contribution in [3.8, 4) is 5.75 Å². The summed E-state index contributed by atoms with van der Waals surface area (Å²) in [7, 11) is 0. The predicted octanol–water partition coefficient (Wildman–Crippen LogP) is 3.84. The molecule has 1 aromatic carbocycles. The van der Waals surface area contributed by atoms with Crippen LogP contribution in [0.2, 0.25) is 0 Å². The monoisotopic (exact) mass is 331 g/mol. The van der Waals surface area contributed by atoms with Gasteiger partial charge in [0, 0.05) is 11.6 Å². The van der Waals surface area contributed by atoms with E-state index in [-0.39, 0.29) is 17.7 Å². The zero-order chi connectivity index (χ0) is 16.9.